The van der Waals surface area contributed by atoms with Crippen molar-refractivity contribution in [3.05, 3.63) is 0 Å². The minimum atomic E-state index is 0.0838. The summed E-state index contributed by atoms with van der Waals surface area (Å²) in [5.41, 5.74) is 0. The first-order chi connectivity index (χ1) is 5.72. The third kappa shape index (κ3) is 0.906. The summed E-state index contributed by atoms with van der Waals surface area (Å²) in [4.78, 5) is 23.9. The Hall–Kier alpha value is -1.06. The highest BCUT2D eigenvalue weighted by Gasteiger charge is 2.47. The van der Waals surface area contributed by atoms with Gasteiger partial charge in [-0.2, -0.15) is 0 Å². The number of hydrogen-bond acceptors (Lipinski definition) is 2. The van der Waals surface area contributed by atoms with Crippen molar-refractivity contribution < 1.29 is 9.59 Å². The lowest BCUT2D eigenvalue weighted by Gasteiger charge is -2.28. The van der Waals surface area contributed by atoms with E-state index in [1.54, 1.807) is 4.90 Å². The molecule has 0 aromatic rings. The summed E-state index contributed by atoms with van der Waals surface area (Å²) in [6.07, 6.45) is 0.535. The van der Waals surface area contributed by atoms with Gasteiger partial charge in [0.15, 0.2) is 0 Å². The van der Waals surface area contributed by atoms with E-state index in [0.717, 1.165) is 0 Å². The number of nitrogens with one attached hydrogen (secondary N) is 1. The van der Waals surface area contributed by atoms with Crippen LogP contribution in [-0.4, -0.2) is 35.8 Å². The third-order valence-electron chi connectivity index (χ3n) is 2.64. The molecule has 0 radical (unpaired) electrons. The van der Waals surface area contributed by atoms with Crippen LogP contribution in [0.25, 0.3) is 0 Å². The average Bonchev–Trinajstić information content (AvgIpc) is 2.41. The van der Waals surface area contributed by atoms with Crippen LogP contribution in [-0.2, 0) is 9.59 Å². The van der Waals surface area contributed by atoms with Gasteiger partial charge in [0.2, 0.25) is 11.8 Å². The summed E-state index contributed by atoms with van der Waals surface area (Å²) in [6, 6.07) is 0.244. The van der Waals surface area contributed by atoms with Crippen LogP contribution in [0.1, 0.15) is 13.3 Å². The second-order valence-corrected chi connectivity index (χ2v) is 3.37. The Morgan fingerprint density at radius 2 is 2.42 bits per heavy atom. The molecule has 0 aliphatic carbocycles. The van der Waals surface area contributed by atoms with Crippen molar-refractivity contribution in [2.45, 2.75) is 19.4 Å². The molecule has 0 bridgehead atoms. The number of β-lactam (4-membered cyclic amide) rings is 1. The van der Waals surface area contributed by atoms with Crippen LogP contribution in [0.5, 0.6) is 0 Å². The number of carbonyl (C=O) groups excluding carboxylic acids is 2. The summed E-state index contributed by atoms with van der Waals surface area (Å²) < 4.78 is 0. The minimum Gasteiger partial charge on any atom is -0.350 e. The van der Waals surface area contributed by atoms with Crippen LogP contribution in [0.15, 0.2) is 0 Å². The zero-order valence-electron chi connectivity index (χ0n) is 7.04. The molecule has 0 aromatic carbocycles. The lowest BCUT2D eigenvalue weighted by molar-refractivity contribution is -0.132. The summed E-state index contributed by atoms with van der Waals surface area (Å²) in [7, 11) is 0. The molecule has 2 saturated heterocycles. The maximum atomic E-state index is 11.2. The monoisotopic (exact) mass is 168 g/mol. The van der Waals surface area contributed by atoms with E-state index < -0.39 is 0 Å². The minimum absolute atomic E-state index is 0.0838. The predicted molar refractivity (Wildman–Crippen MR) is 42.3 cm³/mol. The summed E-state index contributed by atoms with van der Waals surface area (Å²) >= 11 is 0. The van der Waals surface area contributed by atoms with Crippen molar-refractivity contribution in [1.82, 2.24) is 10.2 Å². The second-order valence-electron chi connectivity index (χ2n) is 3.37. The molecule has 2 aliphatic rings. The molecular weight excluding hydrogens is 156 g/mol. The lowest BCUT2D eigenvalue weighted by Crippen LogP contribution is -2.57. The van der Waals surface area contributed by atoms with Crippen molar-refractivity contribution in [3.63, 3.8) is 0 Å². The number of nitrogens with zero attached hydrogens (tertiary/aromatic N) is 1. The molecule has 0 unspecified atom stereocenters. The van der Waals surface area contributed by atoms with Gasteiger partial charge in [-0.05, 0) is 0 Å². The molecule has 2 atom stereocenters. The van der Waals surface area contributed by atoms with Gasteiger partial charge in [0.1, 0.15) is 0 Å². The van der Waals surface area contributed by atoms with Crippen molar-refractivity contribution in [1.29, 1.82) is 0 Å². The van der Waals surface area contributed by atoms with Gasteiger partial charge in [-0.25, -0.2) is 0 Å². The van der Waals surface area contributed by atoms with Crippen LogP contribution >= 0.6 is 0 Å². The lowest BCUT2D eigenvalue weighted by atomic mass is 9.95. The standard InChI is InChI=1S/C8H12N2O2/c1-2-7(11)10-3-5-6(4-10)9-8(5)12/h5-6H,2-4H2,1H3,(H,9,12)/t5-,6+/m0/s1. The first kappa shape index (κ1) is 7.58. The van der Waals surface area contributed by atoms with E-state index in [-0.39, 0.29) is 23.8 Å². The van der Waals surface area contributed by atoms with Gasteiger partial charge in [-0.15, -0.1) is 0 Å². The fourth-order valence-electron chi connectivity index (χ4n) is 1.84. The zero-order valence-corrected chi connectivity index (χ0v) is 7.04. The van der Waals surface area contributed by atoms with Gasteiger partial charge in [0.05, 0.1) is 12.0 Å². The highest BCUT2D eigenvalue weighted by Crippen LogP contribution is 2.24. The quantitative estimate of drug-likeness (QED) is 0.529. The molecule has 12 heavy (non-hydrogen) atoms. The molecule has 4 heteroatoms. The summed E-state index contributed by atoms with van der Waals surface area (Å²) in [5, 5.41) is 2.78. The van der Waals surface area contributed by atoms with E-state index in [4.69, 9.17) is 0 Å². The molecule has 2 fully saturated rings. The third-order valence-corrected chi connectivity index (χ3v) is 2.64. The van der Waals surface area contributed by atoms with E-state index in [1.807, 2.05) is 6.92 Å². The molecule has 2 amide bonds. The Bertz CT molecular complexity index is 239. The van der Waals surface area contributed by atoms with Crippen LogP contribution in [0, 0.1) is 5.92 Å². The van der Waals surface area contributed by atoms with Gasteiger partial charge >= 0.3 is 0 Å². The maximum Gasteiger partial charge on any atom is 0.227 e. The number of likely N-dealkylation sites (tertiary alicyclic amines) is 1. The summed E-state index contributed by atoms with van der Waals surface area (Å²) in [6.45, 7) is 3.18. The SMILES string of the molecule is CCC(=O)N1C[C@@H]2C(=O)N[C@@H]2C1. The van der Waals surface area contributed by atoms with Crippen LogP contribution in [0.4, 0.5) is 0 Å². The van der Waals surface area contributed by atoms with Crippen molar-refractivity contribution in [2.24, 2.45) is 5.92 Å². The topological polar surface area (TPSA) is 49.4 Å². The first-order valence-electron chi connectivity index (χ1n) is 4.30. The molecular formula is C8H12N2O2. The highest BCUT2D eigenvalue weighted by atomic mass is 16.2. The van der Waals surface area contributed by atoms with Gasteiger partial charge in [0.25, 0.3) is 0 Å². The number of fused-ring (bicyclic) bond motifs is 1. The number of carbonyl (C=O) groups is 2. The molecule has 2 aliphatic heterocycles. The van der Waals surface area contributed by atoms with Gasteiger partial charge in [0, 0.05) is 19.5 Å². The van der Waals surface area contributed by atoms with Crippen molar-refractivity contribution in [2.75, 3.05) is 13.1 Å². The maximum absolute atomic E-state index is 11.2. The Labute approximate surface area is 70.9 Å². The van der Waals surface area contributed by atoms with E-state index in [1.165, 1.54) is 0 Å². The molecule has 2 rings (SSSR count). The van der Waals surface area contributed by atoms with E-state index in [9.17, 15) is 9.59 Å². The van der Waals surface area contributed by atoms with Gasteiger partial charge in [-0.1, -0.05) is 6.92 Å². The summed E-state index contributed by atoms with van der Waals surface area (Å²) in [5.74, 6) is 0.339. The number of amides is 2. The van der Waals surface area contributed by atoms with Crippen LogP contribution < -0.4 is 5.32 Å². The molecule has 2 heterocycles. The predicted octanol–water partition coefficient (Wildman–Crippen LogP) is -0.647. The van der Waals surface area contributed by atoms with E-state index in [0.29, 0.717) is 19.5 Å². The Morgan fingerprint density at radius 3 is 2.92 bits per heavy atom. The van der Waals surface area contributed by atoms with Crippen molar-refractivity contribution >= 4 is 11.8 Å². The average molecular weight is 168 g/mol. The molecule has 0 spiro atoms. The Kier molecular flexibility index (Phi) is 1.56. The number of hydrogen-bond donors (Lipinski definition) is 1. The Balaban J connectivity index is 1.98. The van der Waals surface area contributed by atoms with Gasteiger partial charge < -0.3 is 10.2 Å². The van der Waals surface area contributed by atoms with Crippen molar-refractivity contribution in [3.8, 4) is 0 Å². The first-order valence-corrected chi connectivity index (χ1v) is 4.30. The smallest absolute Gasteiger partial charge is 0.227 e. The number of rotatable bonds is 1. The Morgan fingerprint density at radius 1 is 1.67 bits per heavy atom. The fraction of sp³-hybridized carbons (Fsp3) is 0.750. The van der Waals surface area contributed by atoms with Gasteiger partial charge in [-0.3, -0.25) is 9.59 Å². The molecule has 0 aromatic heterocycles. The highest BCUT2D eigenvalue weighted by molar-refractivity contribution is 5.88. The van der Waals surface area contributed by atoms with E-state index >= 15 is 0 Å². The van der Waals surface area contributed by atoms with Crippen LogP contribution in [0.2, 0.25) is 0 Å². The normalized spacial score (nSPS) is 32.4. The molecule has 66 valence electrons. The zero-order chi connectivity index (χ0) is 8.72. The molecule has 1 N–H and O–H groups in total. The fourth-order valence-corrected chi connectivity index (χ4v) is 1.84. The molecule has 0 saturated carbocycles. The largest absolute Gasteiger partial charge is 0.350 e. The van der Waals surface area contributed by atoms with Crippen LogP contribution in [0.3, 0.4) is 0 Å². The second kappa shape index (κ2) is 2.47. The molecule has 4 nitrogen and oxygen atoms in total. The van der Waals surface area contributed by atoms with E-state index in [2.05, 4.69) is 5.32 Å².